The summed E-state index contributed by atoms with van der Waals surface area (Å²) in [6.07, 6.45) is -4.27. The van der Waals surface area contributed by atoms with E-state index in [0.717, 1.165) is 9.75 Å². The molecular formula is C12H18F3NOS. The molecule has 6 heteroatoms. The molecule has 104 valence electrons. The van der Waals surface area contributed by atoms with Gasteiger partial charge >= 0.3 is 6.18 Å². The van der Waals surface area contributed by atoms with Crippen LogP contribution >= 0.6 is 11.3 Å². The number of alkyl halides is 3. The molecule has 0 spiro atoms. The SMILES string of the molecule is CC(C)(C)c1ccc(C(CO)NCC(F)(F)F)s1. The van der Waals surface area contributed by atoms with Gasteiger partial charge in [-0.1, -0.05) is 20.8 Å². The lowest BCUT2D eigenvalue weighted by molar-refractivity contribution is -0.126. The van der Waals surface area contributed by atoms with Gasteiger partial charge in [-0.3, -0.25) is 5.32 Å². The number of nitrogens with one attached hydrogen (secondary N) is 1. The largest absolute Gasteiger partial charge is 0.401 e. The molecule has 0 aliphatic heterocycles. The van der Waals surface area contributed by atoms with Crippen molar-refractivity contribution in [2.75, 3.05) is 13.2 Å². The zero-order valence-electron chi connectivity index (χ0n) is 10.6. The highest BCUT2D eigenvalue weighted by Gasteiger charge is 2.29. The second kappa shape index (κ2) is 5.59. The fourth-order valence-corrected chi connectivity index (χ4v) is 2.57. The van der Waals surface area contributed by atoms with Gasteiger partial charge in [0.2, 0.25) is 0 Å². The Bertz CT molecular complexity index is 381. The maximum atomic E-state index is 12.1. The van der Waals surface area contributed by atoms with Crippen LogP contribution in [0.3, 0.4) is 0 Å². The van der Waals surface area contributed by atoms with Gasteiger partial charge in [0.25, 0.3) is 0 Å². The highest BCUT2D eigenvalue weighted by molar-refractivity contribution is 7.12. The van der Waals surface area contributed by atoms with Crippen molar-refractivity contribution in [2.24, 2.45) is 0 Å². The quantitative estimate of drug-likeness (QED) is 0.888. The maximum Gasteiger partial charge on any atom is 0.401 e. The molecular weight excluding hydrogens is 263 g/mol. The lowest BCUT2D eigenvalue weighted by atomic mass is 9.95. The van der Waals surface area contributed by atoms with E-state index in [1.54, 1.807) is 6.07 Å². The predicted octanol–water partition coefficient (Wildman–Crippen LogP) is 3.23. The third-order valence-electron chi connectivity index (χ3n) is 2.44. The Labute approximate surface area is 109 Å². The highest BCUT2D eigenvalue weighted by atomic mass is 32.1. The Morgan fingerprint density at radius 1 is 1.28 bits per heavy atom. The van der Waals surface area contributed by atoms with E-state index in [0.29, 0.717) is 0 Å². The van der Waals surface area contributed by atoms with Crippen molar-refractivity contribution in [3.63, 3.8) is 0 Å². The van der Waals surface area contributed by atoms with Gasteiger partial charge < -0.3 is 5.11 Å². The number of aliphatic hydroxyl groups excluding tert-OH is 1. The van der Waals surface area contributed by atoms with E-state index in [4.69, 9.17) is 5.11 Å². The molecule has 0 amide bonds. The van der Waals surface area contributed by atoms with E-state index in [1.165, 1.54) is 11.3 Å². The van der Waals surface area contributed by atoms with Gasteiger partial charge in [0.15, 0.2) is 0 Å². The summed E-state index contributed by atoms with van der Waals surface area (Å²) >= 11 is 1.43. The second-order valence-electron chi connectivity index (χ2n) is 5.18. The summed E-state index contributed by atoms with van der Waals surface area (Å²) in [5, 5.41) is 11.5. The highest BCUT2D eigenvalue weighted by Crippen LogP contribution is 2.32. The van der Waals surface area contributed by atoms with Crippen LogP contribution in [0.15, 0.2) is 12.1 Å². The molecule has 0 aliphatic carbocycles. The third kappa shape index (κ3) is 4.59. The van der Waals surface area contributed by atoms with Crippen molar-refractivity contribution >= 4 is 11.3 Å². The van der Waals surface area contributed by atoms with E-state index in [-0.39, 0.29) is 12.0 Å². The first-order chi connectivity index (χ1) is 8.13. The molecule has 1 unspecified atom stereocenters. The fraction of sp³-hybridized carbons (Fsp3) is 0.667. The van der Waals surface area contributed by atoms with Crippen LogP contribution in [-0.2, 0) is 5.41 Å². The standard InChI is InChI=1S/C12H18F3NOS/c1-11(2,3)10-5-4-9(18-10)8(6-17)16-7-12(13,14)15/h4-5,8,16-17H,6-7H2,1-3H3. The van der Waals surface area contributed by atoms with Crippen LogP contribution < -0.4 is 5.32 Å². The minimum absolute atomic E-state index is 0.0348. The molecule has 2 nitrogen and oxygen atoms in total. The van der Waals surface area contributed by atoms with Crippen molar-refractivity contribution in [3.8, 4) is 0 Å². The summed E-state index contributed by atoms with van der Waals surface area (Å²) in [4.78, 5) is 1.82. The minimum atomic E-state index is -4.27. The normalized spacial score (nSPS) is 14.8. The molecule has 0 aliphatic rings. The van der Waals surface area contributed by atoms with Crippen LogP contribution in [0.5, 0.6) is 0 Å². The summed E-state index contributed by atoms with van der Waals surface area (Å²) in [6.45, 7) is 4.68. The van der Waals surface area contributed by atoms with Gasteiger partial charge in [-0.15, -0.1) is 11.3 Å². The Hall–Kier alpha value is -0.590. The van der Waals surface area contributed by atoms with Crippen LogP contribution in [0.4, 0.5) is 13.2 Å². The number of halogens is 3. The first kappa shape index (κ1) is 15.5. The van der Waals surface area contributed by atoms with Gasteiger partial charge in [0.05, 0.1) is 19.2 Å². The molecule has 0 fully saturated rings. The van der Waals surface area contributed by atoms with Crippen LogP contribution in [0.25, 0.3) is 0 Å². The molecule has 1 aromatic rings. The Kier molecular flexibility index (Phi) is 4.80. The average Bonchev–Trinajstić information content (AvgIpc) is 2.65. The minimum Gasteiger partial charge on any atom is -0.394 e. The van der Waals surface area contributed by atoms with Crippen molar-refractivity contribution in [1.29, 1.82) is 0 Å². The van der Waals surface area contributed by atoms with E-state index >= 15 is 0 Å². The molecule has 0 saturated carbocycles. The fourth-order valence-electron chi connectivity index (χ4n) is 1.44. The first-order valence-corrected chi connectivity index (χ1v) is 6.46. The van der Waals surface area contributed by atoms with Gasteiger partial charge in [0, 0.05) is 9.75 Å². The molecule has 0 radical (unpaired) electrons. The van der Waals surface area contributed by atoms with Crippen LogP contribution in [0, 0.1) is 0 Å². The maximum absolute atomic E-state index is 12.1. The van der Waals surface area contributed by atoms with Crippen molar-refractivity contribution in [2.45, 2.75) is 38.4 Å². The molecule has 0 aromatic carbocycles. The number of thiophene rings is 1. The summed E-state index contributed by atoms with van der Waals surface area (Å²) in [5.74, 6) is 0. The lowest BCUT2D eigenvalue weighted by Crippen LogP contribution is -2.33. The van der Waals surface area contributed by atoms with Crippen LogP contribution in [0.1, 0.15) is 36.6 Å². The lowest BCUT2D eigenvalue weighted by Gasteiger charge is -2.18. The van der Waals surface area contributed by atoms with Gasteiger partial charge in [0.1, 0.15) is 0 Å². The average molecular weight is 281 g/mol. The van der Waals surface area contributed by atoms with E-state index in [9.17, 15) is 13.2 Å². The Morgan fingerprint density at radius 3 is 2.28 bits per heavy atom. The molecule has 18 heavy (non-hydrogen) atoms. The second-order valence-corrected chi connectivity index (χ2v) is 6.30. The van der Waals surface area contributed by atoms with Crippen molar-refractivity contribution in [3.05, 3.63) is 21.9 Å². The Balaban J connectivity index is 2.74. The topological polar surface area (TPSA) is 32.3 Å². The molecule has 1 atom stereocenters. The molecule has 1 heterocycles. The number of rotatable bonds is 4. The Morgan fingerprint density at radius 2 is 1.89 bits per heavy atom. The predicted molar refractivity (Wildman–Crippen MR) is 66.9 cm³/mol. The molecule has 2 N–H and O–H groups in total. The summed E-state index contributed by atoms with van der Waals surface area (Å²) in [5.41, 5.74) is -0.0348. The van der Waals surface area contributed by atoms with E-state index in [1.807, 2.05) is 26.8 Å². The summed E-state index contributed by atoms with van der Waals surface area (Å²) in [7, 11) is 0. The third-order valence-corrected chi connectivity index (χ3v) is 4.07. The number of aliphatic hydroxyl groups is 1. The van der Waals surface area contributed by atoms with Crippen LogP contribution in [-0.4, -0.2) is 24.4 Å². The molecule has 0 saturated heterocycles. The summed E-state index contributed by atoms with van der Waals surface area (Å²) < 4.78 is 36.4. The van der Waals surface area contributed by atoms with Crippen molar-refractivity contribution in [1.82, 2.24) is 5.32 Å². The van der Waals surface area contributed by atoms with Gasteiger partial charge in [-0.05, 0) is 17.5 Å². The van der Waals surface area contributed by atoms with E-state index < -0.39 is 18.8 Å². The molecule has 1 aromatic heterocycles. The monoisotopic (exact) mass is 281 g/mol. The molecule has 0 bridgehead atoms. The van der Waals surface area contributed by atoms with Gasteiger partial charge in [-0.25, -0.2) is 0 Å². The summed E-state index contributed by atoms with van der Waals surface area (Å²) in [6, 6.07) is 3.01. The molecule has 1 rings (SSSR count). The van der Waals surface area contributed by atoms with Gasteiger partial charge in [-0.2, -0.15) is 13.2 Å². The zero-order chi connectivity index (χ0) is 14.0. The first-order valence-electron chi connectivity index (χ1n) is 5.64. The van der Waals surface area contributed by atoms with Crippen LogP contribution in [0.2, 0.25) is 0 Å². The number of hydrogen-bond acceptors (Lipinski definition) is 3. The van der Waals surface area contributed by atoms with Crippen molar-refractivity contribution < 1.29 is 18.3 Å². The zero-order valence-corrected chi connectivity index (χ0v) is 11.5. The van der Waals surface area contributed by atoms with E-state index in [2.05, 4.69) is 5.32 Å². The smallest absolute Gasteiger partial charge is 0.394 e. The number of hydrogen-bond donors (Lipinski definition) is 2.